The van der Waals surface area contributed by atoms with Gasteiger partial charge in [-0.2, -0.15) is 0 Å². The van der Waals surface area contributed by atoms with Crippen LogP contribution in [0.15, 0.2) is 59.9 Å². The fourth-order valence-electron chi connectivity index (χ4n) is 3.23. The van der Waals surface area contributed by atoms with E-state index in [0.29, 0.717) is 0 Å². The quantitative estimate of drug-likeness (QED) is 0.363. The molecule has 0 aliphatic rings. The summed E-state index contributed by atoms with van der Waals surface area (Å²) in [5.74, 6) is 1.73. The maximum absolute atomic E-state index is 4.29. The maximum atomic E-state index is 4.29. The second-order valence-electron chi connectivity index (χ2n) is 6.33. The van der Waals surface area contributed by atoms with Crippen molar-refractivity contribution >= 4 is 22.5 Å². The Morgan fingerprint density at radius 2 is 1.85 bits per heavy atom. The molecule has 0 bridgehead atoms. The Hall–Kier alpha value is -3.35. The average Bonchev–Trinajstić information content (AvgIpc) is 3.31. The number of nitrogens with one attached hydrogen (secondary N) is 3. The lowest BCUT2D eigenvalue weighted by Gasteiger charge is -2.11. The third-order valence-electron chi connectivity index (χ3n) is 4.61. The highest BCUT2D eigenvalue weighted by Crippen LogP contribution is 2.17. The molecular formula is C20H23N7. The minimum Gasteiger partial charge on any atom is -0.361 e. The molecule has 0 unspecified atom stereocenters. The van der Waals surface area contributed by atoms with Gasteiger partial charge in [0.25, 0.3) is 0 Å². The number of hydrogen-bond acceptors (Lipinski definition) is 3. The molecule has 138 valence electrons. The van der Waals surface area contributed by atoms with Crippen LogP contribution in [0.3, 0.4) is 0 Å². The molecule has 0 saturated heterocycles. The van der Waals surface area contributed by atoms with E-state index in [2.05, 4.69) is 55.2 Å². The molecule has 27 heavy (non-hydrogen) atoms. The summed E-state index contributed by atoms with van der Waals surface area (Å²) in [7, 11) is 1.79. The van der Waals surface area contributed by atoms with E-state index in [-0.39, 0.29) is 0 Å². The predicted molar refractivity (Wildman–Crippen MR) is 108 cm³/mol. The van der Waals surface area contributed by atoms with Gasteiger partial charge in [0, 0.05) is 49.9 Å². The van der Waals surface area contributed by atoms with Crippen LogP contribution in [0.25, 0.3) is 16.6 Å². The van der Waals surface area contributed by atoms with Crippen molar-refractivity contribution in [2.45, 2.75) is 12.8 Å². The minimum atomic E-state index is 0.739. The Labute approximate surface area is 157 Å². The van der Waals surface area contributed by atoms with Gasteiger partial charge in [0.1, 0.15) is 5.82 Å². The first kappa shape index (κ1) is 17.1. The highest BCUT2D eigenvalue weighted by atomic mass is 15.2. The van der Waals surface area contributed by atoms with Crippen LogP contribution < -0.4 is 10.6 Å². The van der Waals surface area contributed by atoms with Crippen LogP contribution in [-0.4, -0.2) is 45.7 Å². The molecule has 0 amide bonds. The second kappa shape index (κ2) is 7.90. The molecule has 0 radical (unpaired) electrons. The summed E-state index contributed by atoms with van der Waals surface area (Å²) in [6.07, 6.45) is 5.77. The number of hydrogen-bond donors (Lipinski definition) is 3. The molecule has 3 N–H and O–H groups in total. The molecule has 4 aromatic rings. The van der Waals surface area contributed by atoms with Crippen molar-refractivity contribution in [3.05, 3.63) is 66.2 Å². The molecule has 0 aliphatic carbocycles. The molecule has 4 rings (SSSR count). The number of rotatable bonds is 6. The lowest BCUT2D eigenvalue weighted by atomic mass is 10.1. The number of aromatic amines is 1. The molecule has 7 nitrogen and oxygen atoms in total. The van der Waals surface area contributed by atoms with Crippen molar-refractivity contribution < 1.29 is 0 Å². The van der Waals surface area contributed by atoms with Gasteiger partial charge in [0.15, 0.2) is 11.6 Å². The first-order chi connectivity index (χ1) is 13.3. The number of aromatic nitrogens is 4. The number of aliphatic imine (C=N–C) groups is 1. The highest BCUT2D eigenvalue weighted by Gasteiger charge is 2.06. The number of pyridine rings is 1. The molecule has 3 heterocycles. The van der Waals surface area contributed by atoms with Gasteiger partial charge in [-0.25, -0.2) is 0 Å². The molecule has 1 aromatic carbocycles. The Morgan fingerprint density at radius 1 is 1.04 bits per heavy atom. The van der Waals surface area contributed by atoms with Crippen molar-refractivity contribution in [3.8, 4) is 0 Å². The maximum Gasteiger partial charge on any atom is 0.191 e. The lowest BCUT2D eigenvalue weighted by Crippen LogP contribution is -2.39. The van der Waals surface area contributed by atoms with Crippen molar-refractivity contribution in [3.63, 3.8) is 0 Å². The van der Waals surface area contributed by atoms with E-state index in [9.17, 15) is 0 Å². The number of nitrogens with zero attached hydrogens (tertiary/aromatic N) is 4. The first-order valence-electron chi connectivity index (χ1n) is 9.13. The van der Waals surface area contributed by atoms with Gasteiger partial charge in [0.2, 0.25) is 0 Å². The zero-order valence-electron chi connectivity index (χ0n) is 15.3. The summed E-state index contributed by atoms with van der Waals surface area (Å²) in [6.45, 7) is 1.55. The third-order valence-corrected chi connectivity index (χ3v) is 4.61. The van der Waals surface area contributed by atoms with Crippen molar-refractivity contribution in [1.29, 1.82) is 0 Å². The van der Waals surface area contributed by atoms with Crippen LogP contribution in [0.2, 0.25) is 0 Å². The smallest absolute Gasteiger partial charge is 0.191 e. The van der Waals surface area contributed by atoms with Crippen LogP contribution in [0.5, 0.6) is 0 Å². The summed E-state index contributed by atoms with van der Waals surface area (Å²) in [6, 6.07) is 14.3. The molecule has 0 fully saturated rings. The van der Waals surface area contributed by atoms with E-state index in [1.54, 1.807) is 7.05 Å². The number of guanidine groups is 1. The molecule has 0 saturated carbocycles. The fourth-order valence-corrected chi connectivity index (χ4v) is 3.23. The Kier molecular flexibility index (Phi) is 5.00. The highest BCUT2D eigenvalue weighted by molar-refractivity contribution is 5.83. The average molecular weight is 361 g/mol. The van der Waals surface area contributed by atoms with Gasteiger partial charge in [-0.1, -0.05) is 24.3 Å². The predicted octanol–water partition coefficient (Wildman–Crippen LogP) is 2.16. The summed E-state index contributed by atoms with van der Waals surface area (Å²) in [5.41, 5.74) is 3.35. The standard InChI is InChI=1S/C20H23N7/c1-21-20(22-11-9-15-14-24-17-7-3-2-6-16(15)17)23-12-10-19-26-25-18-8-4-5-13-27(18)19/h2-8,13-14,24H,9-12H2,1H3,(H2,21,22,23). The Balaban J connectivity index is 1.27. The van der Waals surface area contributed by atoms with E-state index < -0.39 is 0 Å². The zero-order valence-corrected chi connectivity index (χ0v) is 15.3. The molecule has 7 heteroatoms. The number of para-hydroxylation sites is 1. The van der Waals surface area contributed by atoms with Crippen molar-refractivity contribution in [1.82, 2.24) is 30.2 Å². The topological polar surface area (TPSA) is 82.4 Å². The second-order valence-corrected chi connectivity index (χ2v) is 6.33. The van der Waals surface area contributed by atoms with E-state index in [1.807, 2.05) is 34.9 Å². The number of fused-ring (bicyclic) bond motifs is 2. The largest absolute Gasteiger partial charge is 0.361 e. The summed E-state index contributed by atoms with van der Waals surface area (Å²) < 4.78 is 2.01. The van der Waals surface area contributed by atoms with Crippen LogP contribution in [0.1, 0.15) is 11.4 Å². The third kappa shape index (κ3) is 3.76. The molecule has 0 aliphatic heterocycles. The first-order valence-corrected chi connectivity index (χ1v) is 9.13. The monoisotopic (exact) mass is 361 g/mol. The SMILES string of the molecule is CN=C(NCCc1c[nH]c2ccccc12)NCCc1nnc2ccccn12. The van der Waals surface area contributed by atoms with E-state index in [4.69, 9.17) is 0 Å². The van der Waals surface area contributed by atoms with Crippen molar-refractivity contribution in [2.24, 2.45) is 4.99 Å². The zero-order chi connectivity index (χ0) is 18.5. The Morgan fingerprint density at radius 3 is 2.74 bits per heavy atom. The van der Waals surface area contributed by atoms with E-state index in [0.717, 1.165) is 43.4 Å². The minimum absolute atomic E-state index is 0.739. The van der Waals surface area contributed by atoms with Gasteiger partial charge in [0.05, 0.1) is 0 Å². The Bertz CT molecular complexity index is 978. The molecule has 3 aromatic heterocycles. The number of benzene rings is 1. The lowest BCUT2D eigenvalue weighted by molar-refractivity contribution is 0.757. The number of H-pyrrole nitrogens is 1. The van der Waals surface area contributed by atoms with Gasteiger partial charge in [-0.05, 0) is 30.2 Å². The van der Waals surface area contributed by atoms with Crippen molar-refractivity contribution in [2.75, 3.05) is 20.1 Å². The van der Waals surface area contributed by atoms with Crippen LogP contribution in [0.4, 0.5) is 0 Å². The van der Waals surface area contributed by atoms with E-state index in [1.165, 1.54) is 16.5 Å². The molecule has 0 spiro atoms. The van der Waals surface area contributed by atoms with E-state index >= 15 is 0 Å². The van der Waals surface area contributed by atoms with Crippen LogP contribution in [-0.2, 0) is 12.8 Å². The summed E-state index contributed by atoms with van der Waals surface area (Å²) in [4.78, 5) is 7.61. The van der Waals surface area contributed by atoms with Gasteiger partial charge in [-0.3, -0.25) is 9.39 Å². The molecule has 0 atom stereocenters. The van der Waals surface area contributed by atoms with Gasteiger partial charge >= 0.3 is 0 Å². The van der Waals surface area contributed by atoms with Crippen LogP contribution in [0, 0.1) is 0 Å². The fraction of sp³-hybridized carbons (Fsp3) is 0.250. The van der Waals surface area contributed by atoms with Gasteiger partial charge in [-0.15, -0.1) is 10.2 Å². The summed E-state index contributed by atoms with van der Waals surface area (Å²) >= 11 is 0. The van der Waals surface area contributed by atoms with Gasteiger partial charge < -0.3 is 15.6 Å². The summed E-state index contributed by atoms with van der Waals surface area (Å²) in [5, 5.41) is 16.4. The van der Waals surface area contributed by atoms with Crippen LogP contribution >= 0.6 is 0 Å². The molecular weight excluding hydrogens is 338 g/mol. The normalized spacial score (nSPS) is 12.0.